The number of aromatic amines is 1. The molecule has 2 aromatic rings. The minimum absolute atomic E-state index is 0.431. The van der Waals surface area contributed by atoms with Crippen molar-refractivity contribution >= 4 is 5.96 Å². The van der Waals surface area contributed by atoms with Gasteiger partial charge >= 0.3 is 0 Å². The minimum atomic E-state index is 0.431. The molecule has 94 valence electrons. The number of aromatic nitrogens is 3. The largest absolute Gasteiger partial charge is 0.370 e. The second kappa shape index (κ2) is 6.39. The first-order chi connectivity index (χ1) is 8.84. The SMILES string of the molecule is NC(=NCc1ccn[nH]1)NCCc1ccccn1. The zero-order valence-corrected chi connectivity index (χ0v) is 10.0. The van der Waals surface area contributed by atoms with E-state index < -0.39 is 0 Å². The van der Waals surface area contributed by atoms with Gasteiger partial charge in [0.1, 0.15) is 0 Å². The van der Waals surface area contributed by atoms with Crippen molar-refractivity contribution in [3.63, 3.8) is 0 Å². The number of nitrogens with one attached hydrogen (secondary N) is 2. The molecule has 0 saturated heterocycles. The molecule has 18 heavy (non-hydrogen) atoms. The highest BCUT2D eigenvalue weighted by Gasteiger charge is 1.95. The summed E-state index contributed by atoms with van der Waals surface area (Å²) in [6, 6.07) is 7.72. The third kappa shape index (κ3) is 3.89. The zero-order chi connectivity index (χ0) is 12.6. The molecule has 0 aliphatic heterocycles. The average molecular weight is 244 g/mol. The number of aliphatic imine (C=N–C) groups is 1. The number of rotatable bonds is 5. The van der Waals surface area contributed by atoms with Gasteiger partial charge in [0.05, 0.1) is 12.2 Å². The van der Waals surface area contributed by atoms with Crippen LogP contribution in [0.25, 0.3) is 0 Å². The number of H-pyrrole nitrogens is 1. The first kappa shape index (κ1) is 12.1. The van der Waals surface area contributed by atoms with Crippen LogP contribution >= 0.6 is 0 Å². The van der Waals surface area contributed by atoms with E-state index in [0.29, 0.717) is 12.5 Å². The van der Waals surface area contributed by atoms with Crippen LogP contribution in [0.5, 0.6) is 0 Å². The van der Waals surface area contributed by atoms with E-state index in [0.717, 1.165) is 24.4 Å². The molecule has 0 aliphatic carbocycles. The van der Waals surface area contributed by atoms with Gasteiger partial charge in [-0.05, 0) is 18.2 Å². The predicted molar refractivity (Wildman–Crippen MR) is 69.9 cm³/mol. The van der Waals surface area contributed by atoms with E-state index in [1.165, 1.54) is 0 Å². The number of hydrogen-bond acceptors (Lipinski definition) is 3. The summed E-state index contributed by atoms with van der Waals surface area (Å²) in [5, 5.41) is 9.71. The predicted octanol–water partition coefficient (Wildman–Crippen LogP) is 0.452. The standard InChI is InChI=1S/C12H16N6/c13-12(16-9-11-5-8-17-18-11)15-7-4-10-3-1-2-6-14-10/h1-3,5-6,8H,4,7,9H2,(H,17,18)(H3,13,15,16). The van der Waals surface area contributed by atoms with Gasteiger partial charge in [0.2, 0.25) is 0 Å². The van der Waals surface area contributed by atoms with E-state index in [1.54, 1.807) is 12.4 Å². The number of hydrogen-bond donors (Lipinski definition) is 3. The molecule has 2 rings (SSSR count). The fourth-order valence-electron chi connectivity index (χ4n) is 1.46. The normalized spacial score (nSPS) is 11.4. The van der Waals surface area contributed by atoms with Gasteiger partial charge in [0.25, 0.3) is 0 Å². The molecule has 0 fully saturated rings. The van der Waals surface area contributed by atoms with Gasteiger partial charge in [0, 0.05) is 31.1 Å². The maximum absolute atomic E-state index is 5.74. The molecular formula is C12H16N6. The topological polar surface area (TPSA) is 92.0 Å². The second-order valence-electron chi connectivity index (χ2n) is 3.78. The van der Waals surface area contributed by atoms with Crippen LogP contribution in [0, 0.1) is 0 Å². The van der Waals surface area contributed by atoms with Crippen LogP contribution in [-0.4, -0.2) is 27.7 Å². The van der Waals surface area contributed by atoms with Crippen molar-refractivity contribution in [3.05, 3.63) is 48.0 Å². The Hall–Kier alpha value is -2.37. The Morgan fingerprint density at radius 1 is 1.33 bits per heavy atom. The summed E-state index contributed by atoms with van der Waals surface area (Å²) in [7, 11) is 0. The molecule has 4 N–H and O–H groups in total. The van der Waals surface area contributed by atoms with Gasteiger partial charge in [0.15, 0.2) is 5.96 Å². The highest BCUT2D eigenvalue weighted by atomic mass is 15.1. The Morgan fingerprint density at radius 2 is 2.28 bits per heavy atom. The van der Waals surface area contributed by atoms with Crippen LogP contribution in [-0.2, 0) is 13.0 Å². The fourth-order valence-corrected chi connectivity index (χ4v) is 1.46. The quantitative estimate of drug-likeness (QED) is 0.526. The van der Waals surface area contributed by atoms with Crippen LogP contribution in [0.15, 0.2) is 41.7 Å². The Bertz CT molecular complexity index is 477. The van der Waals surface area contributed by atoms with Crippen LogP contribution in [0.1, 0.15) is 11.4 Å². The molecule has 6 heteroatoms. The summed E-state index contributed by atoms with van der Waals surface area (Å²) in [6.07, 6.45) is 4.29. The molecule has 0 radical (unpaired) electrons. The van der Waals surface area contributed by atoms with Crippen molar-refractivity contribution in [3.8, 4) is 0 Å². The molecule has 0 atom stereocenters. The number of guanidine groups is 1. The lowest BCUT2D eigenvalue weighted by Gasteiger charge is -2.04. The van der Waals surface area contributed by atoms with E-state index in [-0.39, 0.29) is 0 Å². The molecule has 0 unspecified atom stereocenters. The zero-order valence-electron chi connectivity index (χ0n) is 10.0. The molecule has 2 aromatic heterocycles. The molecular weight excluding hydrogens is 228 g/mol. The number of nitrogens with two attached hydrogens (primary N) is 1. The lowest BCUT2D eigenvalue weighted by Crippen LogP contribution is -2.33. The lowest BCUT2D eigenvalue weighted by atomic mass is 10.3. The van der Waals surface area contributed by atoms with Crippen molar-refractivity contribution in [2.45, 2.75) is 13.0 Å². The van der Waals surface area contributed by atoms with Crippen molar-refractivity contribution < 1.29 is 0 Å². The average Bonchev–Trinajstić information content (AvgIpc) is 2.91. The van der Waals surface area contributed by atoms with Gasteiger partial charge in [-0.2, -0.15) is 5.10 Å². The second-order valence-corrected chi connectivity index (χ2v) is 3.78. The number of nitrogens with zero attached hydrogens (tertiary/aromatic N) is 3. The van der Waals surface area contributed by atoms with Crippen molar-refractivity contribution in [2.24, 2.45) is 10.7 Å². The monoisotopic (exact) mass is 244 g/mol. The van der Waals surface area contributed by atoms with Crippen molar-refractivity contribution in [1.29, 1.82) is 0 Å². The van der Waals surface area contributed by atoms with Crippen LogP contribution in [0.4, 0.5) is 0 Å². The Kier molecular flexibility index (Phi) is 4.29. The lowest BCUT2D eigenvalue weighted by molar-refractivity contribution is 0.824. The van der Waals surface area contributed by atoms with E-state index in [2.05, 4.69) is 25.5 Å². The molecule has 0 amide bonds. The molecule has 0 aromatic carbocycles. The summed E-state index contributed by atoms with van der Waals surface area (Å²) in [5.74, 6) is 0.431. The van der Waals surface area contributed by atoms with Crippen LogP contribution in [0.3, 0.4) is 0 Å². The maximum Gasteiger partial charge on any atom is 0.188 e. The minimum Gasteiger partial charge on any atom is -0.370 e. The Balaban J connectivity index is 1.71. The molecule has 0 saturated carbocycles. The third-order valence-corrected chi connectivity index (χ3v) is 2.39. The first-order valence-corrected chi connectivity index (χ1v) is 5.76. The maximum atomic E-state index is 5.74. The smallest absolute Gasteiger partial charge is 0.188 e. The van der Waals surface area contributed by atoms with Crippen LogP contribution in [0.2, 0.25) is 0 Å². The number of pyridine rings is 1. The molecule has 0 bridgehead atoms. The fraction of sp³-hybridized carbons (Fsp3) is 0.250. The van der Waals surface area contributed by atoms with E-state index in [9.17, 15) is 0 Å². The first-order valence-electron chi connectivity index (χ1n) is 5.76. The van der Waals surface area contributed by atoms with Gasteiger partial charge in [-0.25, -0.2) is 4.99 Å². The summed E-state index contributed by atoms with van der Waals surface area (Å²) >= 11 is 0. The summed E-state index contributed by atoms with van der Waals surface area (Å²) in [6.45, 7) is 1.22. The molecule has 2 heterocycles. The molecule has 0 spiro atoms. The highest BCUT2D eigenvalue weighted by Crippen LogP contribution is 1.94. The van der Waals surface area contributed by atoms with Gasteiger partial charge in [-0.15, -0.1) is 0 Å². The van der Waals surface area contributed by atoms with Crippen molar-refractivity contribution in [2.75, 3.05) is 6.54 Å². The Labute approximate surface area is 105 Å². The van der Waals surface area contributed by atoms with Gasteiger partial charge in [-0.1, -0.05) is 6.07 Å². The summed E-state index contributed by atoms with van der Waals surface area (Å²) in [5.41, 5.74) is 7.71. The summed E-state index contributed by atoms with van der Waals surface area (Å²) < 4.78 is 0. The van der Waals surface area contributed by atoms with E-state index in [4.69, 9.17) is 5.73 Å². The van der Waals surface area contributed by atoms with Crippen LogP contribution < -0.4 is 11.1 Å². The molecule has 6 nitrogen and oxygen atoms in total. The van der Waals surface area contributed by atoms with Crippen molar-refractivity contribution in [1.82, 2.24) is 20.5 Å². The Morgan fingerprint density at radius 3 is 3.00 bits per heavy atom. The van der Waals surface area contributed by atoms with Gasteiger partial charge in [-0.3, -0.25) is 10.1 Å². The molecule has 0 aliphatic rings. The van der Waals surface area contributed by atoms with E-state index in [1.807, 2.05) is 24.3 Å². The van der Waals surface area contributed by atoms with Gasteiger partial charge < -0.3 is 11.1 Å². The highest BCUT2D eigenvalue weighted by molar-refractivity contribution is 5.77. The van der Waals surface area contributed by atoms with E-state index >= 15 is 0 Å². The third-order valence-electron chi connectivity index (χ3n) is 2.39. The summed E-state index contributed by atoms with van der Waals surface area (Å²) in [4.78, 5) is 8.42.